The highest BCUT2D eigenvalue weighted by Gasteiger charge is 2.50. The average Bonchev–Trinajstić information content (AvgIpc) is 3.83. The molecule has 1 saturated heterocycles. The molecule has 4 heterocycles. The predicted octanol–water partition coefficient (Wildman–Crippen LogP) is 5.94. The number of aromatic nitrogens is 1. The highest BCUT2D eigenvalue weighted by atomic mass is 16.7. The molecule has 3 aliphatic rings. The third-order valence-corrected chi connectivity index (χ3v) is 13.1. The van der Waals surface area contributed by atoms with Gasteiger partial charge in [-0.15, -0.1) is 6.42 Å². The molecule has 16 heteroatoms. The van der Waals surface area contributed by atoms with Crippen molar-refractivity contribution in [3.05, 3.63) is 75.7 Å². The number of ether oxygens (including phenoxy) is 5. The van der Waals surface area contributed by atoms with Crippen LogP contribution in [-0.4, -0.2) is 107 Å². The van der Waals surface area contributed by atoms with E-state index in [4.69, 9.17) is 39.5 Å². The molecule has 1 fully saturated rings. The zero-order chi connectivity index (χ0) is 47.9. The van der Waals surface area contributed by atoms with Crippen LogP contribution in [0.1, 0.15) is 63.9 Å². The van der Waals surface area contributed by atoms with Crippen LogP contribution in [0.4, 0.5) is 5.69 Å². The summed E-state index contributed by atoms with van der Waals surface area (Å²) in [5.74, 6) is -4.67. The SMILES string of the molecule is C#C[C@H]1[C@@H](OC(C)=O)[C@H](C)[C@H](O)[C@H](C)[C@@H](O)[C@@H](C)/C=C/C=C(/C)C(=O)Nc2c(O)c3c(=O)c(C)c4c(c3c3nc5ccc(OCC6CCN(C)C6)cc5oc23)C(=O)[C@@](C)(O/C=C/[C@@H]1OC)O4. The Hall–Kier alpha value is -6.25. The van der Waals surface area contributed by atoms with Gasteiger partial charge in [-0.1, -0.05) is 44.9 Å². The lowest BCUT2D eigenvalue weighted by Crippen LogP contribution is -2.47. The van der Waals surface area contributed by atoms with E-state index in [1.54, 1.807) is 51.1 Å². The molecule has 16 nitrogen and oxygen atoms in total. The molecule has 3 aromatic carbocycles. The number of amides is 1. The van der Waals surface area contributed by atoms with Crippen molar-refractivity contribution in [2.75, 3.05) is 39.2 Å². The Labute approximate surface area is 382 Å². The number of esters is 1. The number of fused-ring (bicyclic) bond motifs is 2. The van der Waals surface area contributed by atoms with Crippen molar-refractivity contribution in [1.82, 2.24) is 9.88 Å². The minimum Gasteiger partial charge on any atom is -0.505 e. The van der Waals surface area contributed by atoms with Gasteiger partial charge in [-0.2, -0.15) is 0 Å². The molecule has 4 bridgehead atoms. The number of hydrogen-bond donors (Lipinski definition) is 4. The zero-order valence-electron chi connectivity index (χ0n) is 38.5. The van der Waals surface area contributed by atoms with E-state index in [0.29, 0.717) is 23.8 Å². The second-order valence-corrected chi connectivity index (χ2v) is 17.9. The molecule has 1 aromatic heterocycles. The molecule has 350 valence electrons. The lowest BCUT2D eigenvalue weighted by atomic mass is 9.78. The van der Waals surface area contributed by atoms with Crippen LogP contribution < -0.4 is 20.2 Å². The molecular weight excluding hydrogens is 851 g/mol. The first-order valence-electron chi connectivity index (χ1n) is 22.0. The lowest BCUT2D eigenvalue weighted by molar-refractivity contribution is -0.158. The summed E-state index contributed by atoms with van der Waals surface area (Å²) < 4.78 is 36.4. The number of aliphatic hydroxyl groups is 2. The van der Waals surface area contributed by atoms with Gasteiger partial charge in [0.15, 0.2) is 22.3 Å². The summed E-state index contributed by atoms with van der Waals surface area (Å²) in [6, 6.07) is 5.06. The molecule has 0 aliphatic carbocycles. The number of rotatable bonds is 5. The molecule has 66 heavy (non-hydrogen) atoms. The maximum absolute atomic E-state index is 14.8. The van der Waals surface area contributed by atoms with Gasteiger partial charge in [-0.05, 0) is 52.1 Å². The molecule has 1 unspecified atom stereocenters. The number of allylic oxidation sites excluding steroid dienone is 2. The van der Waals surface area contributed by atoms with Gasteiger partial charge in [-0.25, -0.2) is 4.98 Å². The van der Waals surface area contributed by atoms with Crippen LogP contribution in [0, 0.1) is 48.9 Å². The van der Waals surface area contributed by atoms with E-state index in [1.807, 2.05) is 0 Å². The molecule has 3 aliphatic heterocycles. The number of hydrogen-bond acceptors (Lipinski definition) is 15. The molecule has 4 aromatic rings. The van der Waals surface area contributed by atoms with E-state index >= 15 is 0 Å². The predicted molar refractivity (Wildman–Crippen MR) is 246 cm³/mol. The fourth-order valence-corrected chi connectivity index (χ4v) is 9.13. The van der Waals surface area contributed by atoms with Gasteiger partial charge in [0.05, 0.1) is 48.0 Å². The number of likely N-dealkylation sites (tertiary alicyclic amines) is 1. The third-order valence-electron chi connectivity index (χ3n) is 13.1. The van der Waals surface area contributed by atoms with E-state index in [1.165, 1.54) is 47.0 Å². The van der Waals surface area contributed by atoms with Crippen molar-refractivity contribution < 1.29 is 57.8 Å². The van der Waals surface area contributed by atoms with Crippen molar-refractivity contribution in [3.63, 3.8) is 0 Å². The van der Waals surface area contributed by atoms with E-state index < -0.39 is 82.7 Å². The van der Waals surface area contributed by atoms with E-state index in [0.717, 1.165) is 25.8 Å². The third kappa shape index (κ3) is 8.88. The van der Waals surface area contributed by atoms with Gasteiger partial charge in [0.25, 0.3) is 11.7 Å². The van der Waals surface area contributed by atoms with Gasteiger partial charge in [0.2, 0.25) is 0 Å². The number of carbonyl (C=O) groups is 3. The Morgan fingerprint density at radius 3 is 2.50 bits per heavy atom. The number of methoxy groups -OCH3 is 1. The van der Waals surface area contributed by atoms with Crippen LogP contribution in [-0.2, 0) is 23.8 Å². The molecular formula is C50H57N3O13. The molecule has 1 amide bonds. The van der Waals surface area contributed by atoms with E-state index in [9.17, 15) is 34.5 Å². The topological polar surface area (TPSA) is 216 Å². The number of terminal acetylenes is 1. The van der Waals surface area contributed by atoms with Gasteiger partial charge in [0.1, 0.15) is 34.3 Å². The number of nitrogens with zero attached hydrogens (tertiary/aromatic N) is 2. The molecule has 0 spiro atoms. The Morgan fingerprint density at radius 2 is 1.83 bits per heavy atom. The van der Waals surface area contributed by atoms with Crippen molar-refractivity contribution >= 4 is 56.3 Å². The number of benzene rings is 3. The van der Waals surface area contributed by atoms with Gasteiger partial charge in [-0.3, -0.25) is 19.2 Å². The first-order valence-corrected chi connectivity index (χ1v) is 22.0. The Morgan fingerprint density at radius 1 is 1.09 bits per heavy atom. The zero-order valence-corrected chi connectivity index (χ0v) is 38.5. The lowest BCUT2D eigenvalue weighted by Gasteiger charge is -2.37. The number of anilines is 1. The maximum atomic E-state index is 14.8. The fourth-order valence-electron chi connectivity index (χ4n) is 9.13. The Balaban J connectivity index is 1.42. The number of nitrogens with one attached hydrogen (secondary N) is 1. The Bertz CT molecular complexity index is 2790. The fraction of sp³-hybridized carbons (Fsp3) is 0.460. The molecule has 4 N–H and O–H groups in total. The monoisotopic (exact) mass is 907 g/mol. The first kappa shape index (κ1) is 47.7. The molecule has 0 radical (unpaired) electrons. The summed E-state index contributed by atoms with van der Waals surface area (Å²) in [7, 11) is 3.43. The first-order chi connectivity index (χ1) is 31.3. The quantitative estimate of drug-likeness (QED) is 0.0599. The molecule has 0 saturated carbocycles. The minimum atomic E-state index is -2.10. The van der Waals surface area contributed by atoms with Gasteiger partial charge >= 0.3 is 11.8 Å². The molecule has 10 atom stereocenters. The number of ketones is 1. The summed E-state index contributed by atoms with van der Waals surface area (Å²) in [5.41, 5.74) is -0.605. The maximum Gasteiger partial charge on any atom is 0.312 e. The van der Waals surface area contributed by atoms with E-state index in [-0.39, 0.29) is 55.6 Å². The van der Waals surface area contributed by atoms with Crippen LogP contribution in [0.15, 0.2) is 63.6 Å². The minimum absolute atomic E-state index is 0.0294. The highest BCUT2D eigenvalue weighted by Crippen LogP contribution is 2.48. The normalized spacial score (nSPS) is 30.6. The number of aliphatic hydroxyl groups excluding tert-OH is 2. The van der Waals surface area contributed by atoms with E-state index in [2.05, 4.69) is 23.2 Å². The number of phenols is 1. The second kappa shape index (κ2) is 18.9. The summed E-state index contributed by atoms with van der Waals surface area (Å²) in [4.78, 5) is 62.7. The van der Waals surface area contributed by atoms with Crippen LogP contribution in [0.2, 0.25) is 0 Å². The van der Waals surface area contributed by atoms with Crippen LogP contribution >= 0.6 is 0 Å². The van der Waals surface area contributed by atoms with Crippen LogP contribution in [0.5, 0.6) is 17.2 Å². The van der Waals surface area contributed by atoms with Crippen molar-refractivity contribution in [1.29, 1.82) is 0 Å². The summed E-state index contributed by atoms with van der Waals surface area (Å²) >= 11 is 0. The summed E-state index contributed by atoms with van der Waals surface area (Å²) in [6.45, 7) is 12.9. The average molecular weight is 908 g/mol. The summed E-state index contributed by atoms with van der Waals surface area (Å²) in [6.07, 6.45) is 9.84. The van der Waals surface area contributed by atoms with Crippen molar-refractivity contribution in [3.8, 4) is 29.6 Å². The number of aromatic hydroxyl groups is 1. The number of carbonyl (C=O) groups excluding carboxylic acids is 3. The number of Topliss-reactive ketones (excluding diaryl/α,β-unsaturated/α-hetero) is 1. The van der Waals surface area contributed by atoms with Crippen molar-refractivity contribution in [2.45, 2.75) is 85.1 Å². The smallest absolute Gasteiger partial charge is 0.312 e. The second-order valence-electron chi connectivity index (χ2n) is 17.9. The highest BCUT2D eigenvalue weighted by molar-refractivity contribution is 6.26. The van der Waals surface area contributed by atoms with Gasteiger partial charge in [0, 0.05) is 73.8 Å². The standard InChI is InChI=1S/C50H57N3O13/c1-11-32-34(61-10)18-20-63-50(8)48(59)38-36-37(43(57)28(6)46(38)66-50)44(58)40(47-39(36)51-33-16-15-31(21-35(33)65-47)62-23-30-17-19-53(9)22-30)52-49(60)25(3)14-12-13-24(2)41(55)26(4)42(56)27(5)45(32)64-29(7)54/h1,12-16,18,20-21,24,26-27,30,32,34,41-42,45,55-56,58H,17,19,22-23H2,2-10H3,(H,52,60)/b13-12+,20-18+,25-14-/t24-,26+,27+,30?,32+,34-,41-,42+,45-,50-/m0/s1. The summed E-state index contributed by atoms with van der Waals surface area (Å²) in [5, 5.41) is 37.5. The van der Waals surface area contributed by atoms with Crippen molar-refractivity contribution in [2.24, 2.45) is 29.6 Å². The molecule has 7 rings (SSSR count). The van der Waals surface area contributed by atoms with Crippen LogP contribution in [0.25, 0.3) is 33.0 Å². The van der Waals surface area contributed by atoms with Gasteiger partial charge < -0.3 is 53.6 Å². The largest absolute Gasteiger partial charge is 0.505 e. The van der Waals surface area contributed by atoms with Crippen LogP contribution in [0.3, 0.4) is 0 Å². The Kier molecular flexibility index (Phi) is 13.7. The number of phenolic OH excluding ortho intramolecular Hbond substituents is 1.